The Balaban J connectivity index is 1.15. The number of hydrogen-bond donors (Lipinski definition) is 14. The summed E-state index contributed by atoms with van der Waals surface area (Å²) in [4.78, 5) is 13.3. The largest absolute Gasteiger partial charge is 0.396 e. The molecule has 7 fully saturated rings. The number of aliphatic hydroxyl groups is 14. The molecule has 4 aliphatic carbocycles. The summed E-state index contributed by atoms with van der Waals surface area (Å²) in [5.41, 5.74) is -3.69. The highest BCUT2D eigenvalue weighted by atomic mass is 16.8. The van der Waals surface area contributed by atoms with E-state index in [4.69, 9.17) is 28.4 Å². The molecule has 3 unspecified atom stereocenters. The molecule has 7 aliphatic rings. The molecule has 21 nitrogen and oxygen atoms in total. The van der Waals surface area contributed by atoms with Crippen molar-refractivity contribution in [1.82, 2.24) is 0 Å². The number of ether oxygens (including phenoxy) is 6. The molecule has 7 rings (SSSR count). The van der Waals surface area contributed by atoms with E-state index in [9.17, 15) is 76.3 Å². The lowest BCUT2D eigenvalue weighted by molar-refractivity contribution is -0.383. The molecule has 3 aliphatic heterocycles. The van der Waals surface area contributed by atoms with E-state index in [-0.39, 0.29) is 43.5 Å². The molecule has 3 heterocycles. The Labute approximate surface area is 403 Å². The second kappa shape index (κ2) is 20.5. The van der Waals surface area contributed by atoms with Gasteiger partial charge in [-0.05, 0) is 97.2 Å². The van der Waals surface area contributed by atoms with Gasteiger partial charge in [0, 0.05) is 12.3 Å². The summed E-state index contributed by atoms with van der Waals surface area (Å²) in [6.07, 6.45) is -24.2. The first-order valence-electron chi connectivity index (χ1n) is 24.9. The molecule has 3 saturated heterocycles. The number of carbonyl (C=O) groups excluding carboxylic acids is 1. The molecule has 14 N–H and O–H groups in total. The van der Waals surface area contributed by atoms with Crippen LogP contribution in [0.3, 0.4) is 0 Å². The van der Waals surface area contributed by atoms with Gasteiger partial charge in [-0.1, -0.05) is 41.5 Å². The van der Waals surface area contributed by atoms with Crippen LogP contribution >= 0.6 is 0 Å². The minimum Gasteiger partial charge on any atom is -0.396 e. The first kappa shape index (κ1) is 55.6. The van der Waals surface area contributed by atoms with Gasteiger partial charge in [-0.15, -0.1) is 0 Å². The zero-order chi connectivity index (χ0) is 51.1. The van der Waals surface area contributed by atoms with E-state index in [1.54, 1.807) is 13.8 Å². The van der Waals surface area contributed by atoms with Crippen LogP contribution in [0.25, 0.3) is 0 Å². The Morgan fingerprint density at radius 3 is 1.72 bits per heavy atom. The van der Waals surface area contributed by atoms with Crippen LogP contribution in [0.2, 0.25) is 0 Å². The Morgan fingerprint density at radius 2 is 1.16 bits per heavy atom. The third-order valence-corrected chi connectivity index (χ3v) is 19.2. The first-order chi connectivity index (χ1) is 32.2. The Bertz CT molecular complexity index is 1760. The summed E-state index contributed by atoms with van der Waals surface area (Å²) in [6, 6.07) is 0. The van der Waals surface area contributed by atoms with Crippen molar-refractivity contribution in [3.8, 4) is 0 Å². The third kappa shape index (κ3) is 9.31. The standard InChI is InChI=1S/C48H82O21/c1-20(16-49)22(53)9-13-48(7,69-42-38(63)35(60)32(57)26(18-51)65-42)21-8-11-47(6)30(21)23(54)14-29-45(4)15-24(55)40(44(2,3)28(45)10-12-46(29,47)5)68-43-39(36(61)33(58)27(19-52)66-43)67-41-37(62)34(59)31(56)25(17-50)64-41/h20-21,23-43,49-52,54-63H,8-19H2,1-7H3/t20?,21-,23+,24+,25+,26+,27+,28?,29?,30-,31+,32+,33+,34-,35-,36-,37+,38+,39+,40-,41-,42-,43-,45-,46+,47+,48-/m0/s1. The van der Waals surface area contributed by atoms with Crippen LogP contribution in [0.1, 0.15) is 99.8 Å². The molecular formula is C48H82O21. The second-order valence-corrected chi connectivity index (χ2v) is 23.3. The van der Waals surface area contributed by atoms with Gasteiger partial charge in [0.1, 0.15) is 79.0 Å². The van der Waals surface area contributed by atoms with Crippen molar-refractivity contribution in [3.05, 3.63) is 0 Å². The molecule has 0 aromatic carbocycles. The quantitative estimate of drug-likeness (QED) is 0.0736. The lowest BCUT2D eigenvalue weighted by Gasteiger charge is -2.71. The van der Waals surface area contributed by atoms with Crippen LogP contribution in [0.4, 0.5) is 0 Å². The van der Waals surface area contributed by atoms with Gasteiger partial charge in [0.25, 0.3) is 0 Å². The number of Topliss-reactive ketones (excluding diaryl/α,β-unsaturated/α-hetero) is 1. The van der Waals surface area contributed by atoms with Crippen LogP contribution in [0, 0.1) is 51.2 Å². The zero-order valence-electron chi connectivity index (χ0n) is 40.9. The van der Waals surface area contributed by atoms with E-state index in [1.165, 1.54) is 0 Å². The number of rotatable bonds is 15. The lowest BCUT2D eigenvalue weighted by atomic mass is 9.35. The van der Waals surface area contributed by atoms with Gasteiger partial charge in [0.05, 0.1) is 50.3 Å². The van der Waals surface area contributed by atoms with Crippen molar-refractivity contribution in [2.24, 2.45) is 51.2 Å². The Hall–Kier alpha value is -1.13. The van der Waals surface area contributed by atoms with Gasteiger partial charge >= 0.3 is 0 Å². The summed E-state index contributed by atoms with van der Waals surface area (Å²) >= 11 is 0. The van der Waals surface area contributed by atoms with Crippen LogP contribution < -0.4 is 0 Å². The number of fused-ring (bicyclic) bond motifs is 5. The highest BCUT2D eigenvalue weighted by Gasteiger charge is 2.73. The van der Waals surface area contributed by atoms with Gasteiger partial charge in [-0.2, -0.15) is 0 Å². The Kier molecular flexibility index (Phi) is 16.6. The first-order valence-corrected chi connectivity index (χ1v) is 24.9. The van der Waals surface area contributed by atoms with Gasteiger partial charge in [-0.25, -0.2) is 0 Å². The number of ketones is 1. The van der Waals surface area contributed by atoms with Crippen molar-refractivity contribution >= 4 is 5.78 Å². The topological polar surface area (TPSA) is 356 Å². The van der Waals surface area contributed by atoms with Crippen molar-refractivity contribution in [3.63, 3.8) is 0 Å². The SMILES string of the molecule is CC(CO)C(=O)CC[C@](C)(O[C@@H]1O[C@H](CO)[C@@H](O)[C@H](O)[C@H]1O)[C@H]1CC[C@]2(C)[C@@H]1[C@H](O)CC1[C@@]3(C)C[C@@H](O)[C@H](O[C@@H]4O[C@H](CO)[C@@H](O)[C@H](O)[C@H]4O[C@@H]4O[C@H](CO)[C@@H](O)[C@H](O)[C@H]4O)C(C)(C)C3CC[C@]12C. The minimum atomic E-state index is -1.87. The van der Waals surface area contributed by atoms with Crippen LogP contribution in [0.15, 0.2) is 0 Å². The summed E-state index contributed by atoms with van der Waals surface area (Å²) < 4.78 is 36.7. The number of aliphatic hydroxyl groups excluding tert-OH is 14. The molecule has 0 bridgehead atoms. The highest BCUT2D eigenvalue weighted by Crippen LogP contribution is 2.76. The molecule has 0 radical (unpaired) electrons. The van der Waals surface area contributed by atoms with Gasteiger partial charge in [0.2, 0.25) is 0 Å². The van der Waals surface area contributed by atoms with E-state index in [1.807, 2.05) is 13.8 Å². The molecule has 400 valence electrons. The summed E-state index contributed by atoms with van der Waals surface area (Å²) in [7, 11) is 0. The van der Waals surface area contributed by atoms with Crippen molar-refractivity contribution < 1.29 is 105 Å². The maximum Gasteiger partial charge on any atom is 0.187 e. The van der Waals surface area contributed by atoms with Crippen molar-refractivity contribution in [2.75, 3.05) is 26.4 Å². The molecule has 4 saturated carbocycles. The molecule has 69 heavy (non-hydrogen) atoms. The predicted molar refractivity (Wildman–Crippen MR) is 237 cm³/mol. The van der Waals surface area contributed by atoms with Crippen molar-refractivity contribution in [2.45, 2.75) is 216 Å². The lowest BCUT2D eigenvalue weighted by Crippen LogP contribution is -2.70. The molecule has 27 atom stereocenters. The molecule has 0 amide bonds. The highest BCUT2D eigenvalue weighted by molar-refractivity contribution is 5.80. The fourth-order valence-electron chi connectivity index (χ4n) is 15.1. The van der Waals surface area contributed by atoms with Gasteiger partial charge in [0.15, 0.2) is 18.9 Å². The van der Waals surface area contributed by atoms with Crippen LogP contribution in [0.5, 0.6) is 0 Å². The normalized spacial score (nSPS) is 52.2. The fourth-order valence-corrected chi connectivity index (χ4v) is 15.1. The average molecular weight is 995 g/mol. The van der Waals surface area contributed by atoms with Gasteiger partial charge in [-0.3, -0.25) is 4.79 Å². The second-order valence-electron chi connectivity index (χ2n) is 23.3. The number of carbonyl (C=O) groups is 1. The minimum absolute atomic E-state index is 0.00570. The van der Waals surface area contributed by atoms with E-state index >= 15 is 0 Å². The maximum atomic E-state index is 13.3. The molecule has 21 heteroatoms. The van der Waals surface area contributed by atoms with Crippen LogP contribution in [-0.2, 0) is 33.2 Å². The van der Waals surface area contributed by atoms with Gasteiger partial charge < -0.3 is 99.9 Å². The van der Waals surface area contributed by atoms with Crippen molar-refractivity contribution in [1.29, 1.82) is 0 Å². The molecule has 0 aromatic rings. The Morgan fingerprint density at radius 1 is 0.638 bits per heavy atom. The average Bonchev–Trinajstić information content (AvgIpc) is 3.70. The summed E-state index contributed by atoms with van der Waals surface area (Å²) in [5.74, 6) is -1.97. The van der Waals surface area contributed by atoms with E-state index in [0.29, 0.717) is 32.1 Å². The molecule has 0 spiro atoms. The smallest absolute Gasteiger partial charge is 0.187 e. The molecular weight excluding hydrogens is 913 g/mol. The van der Waals surface area contributed by atoms with Crippen LogP contribution in [-0.4, -0.2) is 220 Å². The summed E-state index contributed by atoms with van der Waals surface area (Å²) in [6.45, 7) is 11.4. The van der Waals surface area contributed by atoms with E-state index < -0.39 is 175 Å². The maximum absolute atomic E-state index is 13.3. The zero-order valence-corrected chi connectivity index (χ0v) is 40.9. The molecule has 0 aromatic heterocycles. The fraction of sp³-hybridized carbons (Fsp3) is 0.979. The van der Waals surface area contributed by atoms with E-state index in [2.05, 4.69) is 20.8 Å². The monoisotopic (exact) mass is 995 g/mol. The predicted octanol–water partition coefficient (Wildman–Crippen LogP) is -2.82. The summed E-state index contributed by atoms with van der Waals surface area (Å²) in [5, 5.41) is 151. The third-order valence-electron chi connectivity index (χ3n) is 19.2. The van der Waals surface area contributed by atoms with E-state index in [0.717, 1.165) is 0 Å². The number of hydrogen-bond acceptors (Lipinski definition) is 21.